The van der Waals surface area contributed by atoms with Crippen molar-refractivity contribution in [3.05, 3.63) is 48.3 Å². The van der Waals surface area contributed by atoms with Gasteiger partial charge in [-0.3, -0.25) is 4.99 Å². The van der Waals surface area contributed by atoms with Gasteiger partial charge in [0.2, 0.25) is 0 Å². The van der Waals surface area contributed by atoms with Crippen molar-refractivity contribution in [1.29, 1.82) is 0 Å². The lowest BCUT2D eigenvalue weighted by molar-refractivity contribution is 0.664. The van der Waals surface area contributed by atoms with Gasteiger partial charge in [-0.2, -0.15) is 16.9 Å². The third-order valence-corrected chi connectivity index (χ3v) is 5.07. The molecule has 0 saturated carbocycles. The van der Waals surface area contributed by atoms with Crippen LogP contribution in [-0.2, 0) is 6.42 Å². The molecule has 0 bridgehead atoms. The number of aromatic nitrogens is 2. The summed E-state index contributed by atoms with van der Waals surface area (Å²) in [4.78, 5) is 4.27. The number of halogens is 1. The lowest BCUT2D eigenvalue weighted by Crippen LogP contribution is -2.43. The second kappa shape index (κ2) is 10.7. The monoisotopic (exact) mass is 473 g/mol. The first-order valence-corrected chi connectivity index (χ1v) is 9.35. The van der Waals surface area contributed by atoms with Crippen LogP contribution in [-0.4, -0.2) is 46.9 Å². The smallest absolute Gasteiger partial charge is 0.191 e. The number of hydrogen-bond acceptors (Lipinski definition) is 3. The van der Waals surface area contributed by atoms with Crippen LogP contribution in [0.25, 0.3) is 5.69 Å². The van der Waals surface area contributed by atoms with E-state index in [-0.39, 0.29) is 28.7 Å². The molecule has 0 aliphatic carbocycles. The third-order valence-electron chi connectivity index (χ3n) is 3.82. The Morgan fingerprint density at radius 3 is 2.60 bits per heavy atom. The second-order valence-corrected chi connectivity index (χ2v) is 7.71. The molecule has 0 atom stereocenters. The van der Waals surface area contributed by atoms with Gasteiger partial charge in [-0.05, 0) is 44.2 Å². The Labute approximate surface area is 172 Å². The molecule has 0 saturated heterocycles. The molecule has 5 nitrogen and oxygen atoms in total. The van der Waals surface area contributed by atoms with E-state index in [1.807, 2.05) is 53.0 Å². The maximum Gasteiger partial charge on any atom is 0.191 e. The lowest BCUT2D eigenvalue weighted by Gasteiger charge is -2.23. The number of benzene rings is 1. The zero-order valence-electron chi connectivity index (χ0n) is 15.3. The third kappa shape index (κ3) is 7.27. The maximum atomic E-state index is 4.42. The van der Waals surface area contributed by atoms with Crippen LogP contribution >= 0.6 is 35.7 Å². The summed E-state index contributed by atoms with van der Waals surface area (Å²) in [6.45, 7) is 6.13. The minimum Gasteiger partial charge on any atom is -0.356 e. The number of nitrogens with one attached hydrogen (secondary N) is 2. The van der Waals surface area contributed by atoms with Crippen molar-refractivity contribution in [3.63, 3.8) is 0 Å². The van der Waals surface area contributed by atoms with Crippen LogP contribution in [0, 0.1) is 0 Å². The number of aliphatic imine (C=N–C) groups is 1. The van der Waals surface area contributed by atoms with Crippen molar-refractivity contribution in [1.82, 2.24) is 20.4 Å². The summed E-state index contributed by atoms with van der Waals surface area (Å²) in [7, 11) is 1.80. The van der Waals surface area contributed by atoms with E-state index in [9.17, 15) is 0 Å². The van der Waals surface area contributed by atoms with E-state index in [1.165, 1.54) is 5.56 Å². The lowest BCUT2D eigenvalue weighted by atomic mass is 10.2. The fraction of sp³-hybridized carbons (Fsp3) is 0.444. The molecule has 1 aromatic carbocycles. The van der Waals surface area contributed by atoms with Gasteiger partial charge in [0.25, 0.3) is 0 Å². The fourth-order valence-corrected chi connectivity index (χ4v) is 2.34. The number of para-hydroxylation sites is 1. The van der Waals surface area contributed by atoms with Crippen molar-refractivity contribution in [3.8, 4) is 5.69 Å². The Hall–Kier alpha value is -1.22. The Kier molecular flexibility index (Phi) is 9.34. The molecule has 0 radical (unpaired) electrons. The molecule has 2 aromatic rings. The maximum absolute atomic E-state index is 4.42. The van der Waals surface area contributed by atoms with Crippen molar-refractivity contribution in [2.45, 2.75) is 25.0 Å². The number of guanidine groups is 1. The van der Waals surface area contributed by atoms with Gasteiger partial charge in [-0.15, -0.1) is 24.0 Å². The van der Waals surface area contributed by atoms with Crippen molar-refractivity contribution < 1.29 is 0 Å². The van der Waals surface area contributed by atoms with Gasteiger partial charge in [0.15, 0.2) is 5.96 Å². The van der Waals surface area contributed by atoms with Crippen LogP contribution in [0.15, 0.2) is 47.7 Å². The summed E-state index contributed by atoms with van der Waals surface area (Å²) < 4.78 is 2.10. The van der Waals surface area contributed by atoms with Crippen LogP contribution in [0.4, 0.5) is 0 Å². The van der Waals surface area contributed by atoms with Crippen LogP contribution < -0.4 is 10.6 Å². The molecular formula is C18H28IN5S. The molecule has 2 rings (SSSR count). The van der Waals surface area contributed by atoms with Crippen LogP contribution in [0.3, 0.4) is 0 Å². The first kappa shape index (κ1) is 21.8. The largest absolute Gasteiger partial charge is 0.356 e. The van der Waals surface area contributed by atoms with Crippen molar-refractivity contribution >= 4 is 41.7 Å². The molecular weight excluding hydrogens is 445 g/mol. The average molecular weight is 473 g/mol. The number of hydrogen-bond donors (Lipinski definition) is 2. The molecule has 7 heteroatoms. The predicted molar refractivity (Wildman–Crippen MR) is 120 cm³/mol. The highest BCUT2D eigenvalue weighted by Crippen LogP contribution is 2.19. The number of thioether (sulfide) groups is 1. The van der Waals surface area contributed by atoms with Gasteiger partial charge < -0.3 is 10.6 Å². The summed E-state index contributed by atoms with van der Waals surface area (Å²) in [6.07, 6.45) is 7.02. The standard InChI is InChI=1S/C18H27N5S.HI/c1-18(2,24-4)14-21-17(19-3)20-11-10-15-12-22-23(13-15)16-8-6-5-7-9-16;/h5-9,12-13H,10-11,14H2,1-4H3,(H2,19,20,21);1H. The second-order valence-electron chi connectivity index (χ2n) is 6.20. The normalized spacial score (nSPS) is 11.8. The van der Waals surface area contributed by atoms with Crippen molar-refractivity contribution in [2.75, 3.05) is 26.4 Å². The SMILES string of the molecule is CN=C(NCCc1cnn(-c2ccccc2)c1)NCC(C)(C)SC.I. The van der Waals surface area contributed by atoms with Gasteiger partial charge >= 0.3 is 0 Å². The first-order valence-electron chi connectivity index (χ1n) is 8.13. The number of nitrogens with zero attached hydrogens (tertiary/aromatic N) is 3. The fourth-order valence-electron chi connectivity index (χ4n) is 2.13. The highest BCUT2D eigenvalue weighted by Gasteiger charge is 2.15. The molecule has 25 heavy (non-hydrogen) atoms. The minimum atomic E-state index is 0. The van der Waals surface area contributed by atoms with Gasteiger partial charge in [0, 0.05) is 31.1 Å². The molecule has 0 spiro atoms. The molecule has 0 fully saturated rings. The summed E-state index contributed by atoms with van der Waals surface area (Å²) in [6, 6.07) is 10.1. The molecule has 0 aliphatic heterocycles. The molecule has 2 N–H and O–H groups in total. The summed E-state index contributed by atoms with van der Waals surface area (Å²) in [5.41, 5.74) is 2.28. The Morgan fingerprint density at radius 2 is 1.96 bits per heavy atom. The minimum absolute atomic E-state index is 0. The molecule has 1 aromatic heterocycles. The van der Waals surface area contributed by atoms with E-state index in [0.717, 1.165) is 31.2 Å². The van der Waals surface area contributed by atoms with E-state index in [2.05, 4.69) is 47.0 Å². The van der Waals surface area contributed by atoms with Crippen LogP contribution in [0.5, 0.6) is 0 Å². The van der Waals surface area contributed by atoms with E-state index in [4.69, 9.17) is 0 Å². The van der Waals surface area contributed by atoms with E-state index in [1.54, 1.807) is 7.05 Å². The molecule has 138 valence electrons. The summed E-state index contributed by atoms with van der Waals surface area (Å²) in [5.74, 6) is 0.840. The Balaban J connectivity index is 0.00000312. The zero-order valence-corrected chi connectivity index (χ0v) is 18.5. The van der Waals surface area contributed by atoms with Gasteiger partial charge in [0.05, 0.1) is 11.9 Å². The zero-order chi connectivity index (χ0) is 17.4. The van der Waals surface area contributed by atoms with E-state index < -0.39 is 0 Å². The van der Waals surface area contributed by atoms with Gasteiger partial charge in [-0.1, -0.05) is 18.2 Å². The quantitative estimate of drug-likeness (QED) is 0.368. The molecule has 1 heterocycles. The molecule has 0 amide bonds. The highest BCUT2D eigenvalue weighted by molar-refractivity contribution is 14.0. The van der Waals surface area contributed by atoms with Crippen molar-refractivity contribution in [2.24, 2.45) is 4.99 Å². The van der Waals surface area contributed by atoms with E-state index in [0.29, 0.717) is 0 Å². The summed E-state index contributed by atoms with van der Waals surface area (Å²) in [5, 5.41) is 11.2. The molecule has 0 aliphatic rings. The topological polar surface area (TPSA) is 54.2 Å². The van der Waals surface area contributed by atoms with Gasteiger partial charge in [0.1, 0.15) is 0 Å². The first-order chi connectivity index (χ1) is 11.5. The Bertz CT molecular complexity index is 654. The Morgan fingerprint density at radius 1 is 1.24 bits per heavy atom. The number of rotatable bonds is 7. The average Bonchev–Trinajstić information content (AvgIpc) is 3.07. The van der Waals surface area contributed by atoms with Crippen LogP contribution in [0.2, 0.25) is 0 Å². The molecule has 0 unspecified atom stereocenters. The van der Waals surface area contributed by atoms with E-state index >= 15 is 0 Å². The summed E-state index contributed by atoms with van der Waals surface area (Å²) >= 11 is 1.84. The van der Waals surface area contributed by atoms with Gasteiger partial charge in [-0.25, -0.2) is 4.68 Å². The predicted octanol–water partition coefficient (Wildman–Crippen LogP) is 3.34. The highest BCUT2D eigenvalue weighted by atomic mass is 127. The van der Waals surface area contributed by atoms with Crippen LogP contribution in [0.1, 0.15) is 19.4 Å².